The Kier molecular flexibility index (Phi) is 3.41. The summed E-state index contributed by atoms with van der Waals surface area (Å²) in [5.74, 6) is 0.0260. The Hall–Kier alpha value is -2.96. The van der Waals surface area contributed by atoms with Crippen LogP contribution in [0.3, 0.4) is 0 Å². The van der Waals surface area contributed by atoms with E-state index in [1.54, 1.807) is 16.6 Å². The Morgan fingerprint density at radius 3 is 3.00 bits per heavy atom. The SMILES string of the molecule is Cn1ncc2c(=O)n(CCC(=O)N3CCc4ccccc43)cnc21. The van der Waals surface area contributed by atoms with Gasteiger partial charge in [-0.1, -0.05) is 18.2 Å². The zero-order valence-corrected chi connectivity index (χ0v) is 13.3. The van der Waals surface area contributed by atoms with E-state index in [9.17, 15) is 9.59 Å². The van der Waals surface area contributed by atoms with Gasteiger partial charge in [-0.3, -0.25) is 18.8 Å². The molecule has 1 amide bonds. The lowest BCUT2D eigenvalue weighted by atomic mass is 10.2. The molecule has 3 heterocycles. The molecule has 122 valence electrons. The van der Waals surface area contributed by atoms with Gasteiger partial charge in [0.15, 0.2) is 5.65 Å². The molecule has 0 saturated carbocycles. The molecular weight excluding hydrogens is 306 g/mol. The number of benzene rings is 1. The van der Waals surface area contributed by atoms with Crippen LogP contribution in [0, 0.1) is 0 Å². The highest BCUT2D eigenvalue weighted by Gasteiger charge is 2.23. The molecule has 0 radical (unpaired) electrons. The third-order valence-electron chi connectivity index (χ3n) is 4.47. The van der Waals surface area contributed by atoms with Crippen LogP contribution < -0.4 is 10.5 Å². The lowest BCUT2D eigenvalue weighted by Gasteiger charge is -2.17. The van der Waals surface area contributed by atoms with E-state index in [4.69, 9.17) is 0 Å². The smallest absolute Gasteiger partial charge is 0.264 e. The number of para-hydroxylation sites is 1. The van der Waals surface area contributed by atoms with E-state index < -0.39 is 0 Å². The summed E-state index contributed by atoms with van der Waals surface area (Å²) >= 11 is 0. The highest BCUT2D eigenvalue weighted by atomic mass is 16.2. The molecule has 0 N–H and O–H groups in total. The van der Waals surface area contributed by atoms with E-state index in [1.165, 1.54) is 22.7 Å². The third kappa shape index (κ3) is 2.29. The average molecular weight is 323 g/mol. The fourth-order valence-corrected chi connectivity index (χ4v) is 3.17. The minimum absolute atomic E-state index is 0.0260. The molecule has 0 fully saturated rings. The van der Waals surface area contributed by atoms with Gasteiger partial charge in [-0.15, -0.1) is 0 Å². The Balaban J connectivity index is 1.52. The van der Waals surface area contributed by atoms with Crippen LogP contribution in [0.15, 0.2) is 41.6 Å². The maximum absolute atomic E-state index is 12.5. The number of anilines is 1. The number of hydrogen-bond donors (Lipinski definition) is 0. The predicted octanol–water partition coefficient (Wildman–Crippen LogP) is 1.11. The van der Waals surface area contributed by atoms with Crippen LogP contribution >= 0.6 is 0 Å². The molecule has 4 rings (SSSR count). The largest absolute Gasteiger partial charge is 0.312 e. The standard InChI is InChI=1S/C17H17N5O2/c1-20-16-13(10-19-20)17(24)21(11-18-16)8-7-15(23)22-9-6-12-4-2-3-5-14(12)22/h2-5,10-11H,6-9H2,1H3. The van der Waals surface area contributed by atoms with E-state index >= 15 is 0 Å². The number of rotatable bonds is 3. The summed E-state index contributed by atoms with van der Waals surface area (Å²) in [5, 5.41) is 4.52. The minimum Gasteiger partial charge on any atom is -0.312 e. The van der Waals surface area contributed by atoms with Crippen molar-refractivity contribution < 1.29 is 4.79 Å². The van der Waals surface area contributed by atoms with Crippen LogP contribution in [-0.2, 0) is 24.8 Å². The Labute approximate surface area is 138 Å². The van der Waals surface area contributed by atoms with Crippen molar-refractivity contribution in [2.24, 2.45) is 7.05 Å². The Bertz CT molecular complexity index is 988. The number of nitrogens with zero attached hydrogens (tertiary/aromatic N) is 5. The zero-order chi connectivity index (χ0) is 16.7. The molecule has 7 heteroatoms. The molecule has 0 aliphatic carbocycles. The normalized spacial score (nSPS) is 13.5. The quantitative estimate of drug-likeness (QED) is 0.724. The highest BCUT2D eigenvalue weighted by molar-refractivity contribution is 5.95. The zero-order valence-electron chi connectivity index (χ0n) is 13.3. The van der Waals surface area contributed by atoms with Crippen molar-refractivity contribution in [3.8, 4) is 0 Å². The van der Waals surface area contributed by atoms with E-state index in [0.717, 1.165) is 12.1 Å². The van der Waals surface area contributed by atoms with Crippen molar-refractivity contribution in [1.29, 1.82) is 0 Å². The maximum Gasteiger partial charge on any atom is 0.264 e. The number of aryl methyl sites for hydroxylation is 2. The van der Waals surface area contributed by atoms with Crippen LogP contribution in [0.5, 0.6) is 0 Å². The van der Waals surface area contributed by atoms with Crippen molar-refractivity contribution in [3.05, 3.63) is 52.7 Å². The van der Waals surface area contributed by atoms with Crippen molar-refractivity contribution in [1.82, 2.24) is 19.3 Å². The number of amides is 1. The van der Waals surface area contributed by atoms with Gasteiger partial charge < -0.3 is 4.90 Å². The van der Waals surface area contributed by atoms with Crippen LogP contribution in [0.1, 0.15) is 12.0 Å². The van der Waals surface area contributed by atoms with Gasteiger partial charge in [-0.05, 0) is 18.1 Å². The first kappa shape index (κ1) is 14.6. The van der Waals surface area contributed by atoms with Gasteiger partial charge in [0.25, 0.3) is 5.56 Å². The van der Waals surface area contributed by atoms with Gasteiger partial charge in [0.05, 0.1) is 12.5 Å². The monoisotopic (exact) mass is 323 g/mol. The van der Waals surface area contributed by atoms with Crippen LogP contribution in [-0.4, -0.2) is 31.8 Å². The van der Waals surface area contributed by atoms with E-state index in [1.807, 2.05) is 24.3 Å². The van der Waals surface area contributed by atoms with Gasteiger partial charge in [-0.2, -0.15) is 5.10 Å². The van der Waals surface area contributed by atoms with E-state index in [2.05, 4.69) is 10.1 Å². The first-order valence-corrected chi connectivity index (χ1v) is 7.90. The molecular formula is C17H17N5O2. The molecule has 0 saturated heterocycles. The average Bonchev–Trinajstić information content (AvgIpc) is 3.18. The topological polar surface area (TPSA) is 73.0 Å². The molecule has 0 atom stereocenters. The number of carbonyl (C=O) groups excluding carboxylic acids is 1. The summed E-state index contributed by atoms with van der Waals surface area (Å²) in [7, 11) is 1.74. The molecule has 1 aliphatic heterocycles. The number of carbonyl (C=O) groups is 1. The van der Waals surface area contributed by atoms with Crippen molar-refractivity contribution >= 4 is 22.6 Å². The van der Waals surface area contributed by atoms with Crippen molar-refractivity contribution in [3.63, 3.8) is 0 Å². The van der Waals surface area contributed by atoms with Crippen LogP contribution in [0.25, 0.3) is 11.0 Å². The lowest BCUT2D eigenvalue weighted by molar-refractivity contribution is -0.118. The van der Waals surface area contributed by atoms with Crippen LogP contribution in [0.2, 0.25) is 0 Å². The van der Waals surface area contributed by atoms with Gasteiger partial charge in [0.1, 0.15) is 5.39 Å². The molecule has 0 bridgehead atoms. The lowest BCUT2D eigenvalue weighted by Crippen LogP contribution is -2.31. The Morgan fingerprint density at radius 1 is 1.29 bits per heavy atom. The second-order valence-electron chi connectivity index (χ2n) is 5.92. The van der Waals surface area contributed by atoms with Crippen molar-refractivity contribution in [2.75, 3.05) is 11.4 Å². The summed E-state index contributed by atoms with van der Waals surface area (Å²) < 4.78 is 3.04. The third-order valence-corrected chi connectivity index (χ3v) is 4.47. The van der Waals surface area contributed by atoms with Gasteiger partial charge in [0, 0.05) is 32.2 Å². The highest BCUT2D eigenvalue weighted by Crippen LogP contribution is 2.27. The molecule has 1 aromatic carbocycles. The second-order valence-corrected chi connectivity index (χ2v) is 5.92. The molecule has 24 heavy (non-hydrogen) atoms. The second kappa shape index (κ2) is 5.59. The van der Waals surface area contributed by atoms with Crippen LogP contribution in [0.4, 0.5) is 5.69 Å². The fourth-order valence-electron chi connectivity index (χ4n) is 3.17. The molecule has 1 aliphatic rings. The van der Waals surface area contributed by atoms with E-state index in [-0.39, 0.29) is 17.9 Å². The minimum atomic E-state index is -0.164. The van der Waals surface area contributed by atoms with E-state index in [0.29, 0.717) is 24.1 Å². The molecule has 2 aromatic heterocycles. The summed E-state index contributed by atoms with van der Waals surface area (Å²) in [6, 6.07) is 7.94. The number of hydrogen-bond acceptors (Lipinski definition) is 4. The number of aromatic nitrogens is 4. The maximum atomic E-state index is 12.5. The predicted molar refractivity (Wildman–Crippen MR) is 89.9 cm³/mol. The summed E-state index contributed by atoms with van der Waals surface area (Å²) in [4.78, 5) is 31.0. The molecule has 0 spiro atoms. The number of fused-ring (bicyclic) bond motifs is 2. The molecule has 7 nitrogen and oxygen atoms in total. The fraction of sp³-hybridized carbons (Fsp3) is 0.294. The summed E-state index contributed by atoms with van der Waals surface area (Å²) in [5.41, 5.74) is 2.57. The first-order valence-electron chi connectivity index (χ1n) is 7.90. The van der Waals surface area contributed by atoms with Gasteiger partial charge in [-0.25, -0.2) is 4.98 Å². The summed E-state index contributed by atoms with van der Waals surface area (Å²) in [6.07, 6.45) is 4.14. The van der Waals surface area contributed by atoms with Gasteiger partial charge in [0.2, 0.25) is 5.91 Å². The van der Waals surface area contributed by atoms with Crippen molar-refractivity contribution in [2.45, 2.75) is 19.4 Å². The first-order chi connectivity index (χ1) is 11.6. The molecule has 3 aromatic rings. The summed E-state index contributed by atoms with van der Waals surface area (Å²) in [6.45, 7) is 1.02. The molecule has 0 unspecified atom stereocenters. The van der Waals surface area contributed by atoms with Gasteiger partial charge >= 0.3 is 0 Å². The Morgan fingerprint density at radius 2 is 2.12 bits per heavy atom.